The first-order valence-corrected chi connectivity index (χ1v) is 5.90. The molecule has 0 unspecified atom stereocenters. The summed E-state index contributed by atoms with van der Waals surface area (Å²) in [6, 6.07) is 0. The fourth-order valence-electron chi connectivity index (χ4n) is 3.10. The summed E-state index contributed by atoms with van der Waals surface area (Å²) >= 11 is 0. The van der Waals surface area contributed by atoms with E-state index in [4.69, 9.17) is 0 Å². The van der Waals surface area contributed by atoms with Gasteiger partial charge in [-0.05, 0) is 18.8 Å². The molecule has 1 aliphatic carbocycles. The van der Waals surface area contributed by atoms with Crippen LogP contribution >= 0.6 is 0 Å². The van der Waals surface area contributed by atoms with Crippen molar-refractivity contribution in [3.63, 3.8) is 0 Å². The minimum atomic E-state index is -4.75. The van der Waals surface area contributed by atoms with Crippen LogP contribution in [0.4, 0.5) is 17.6 Å². The molecule has 1 N–H and O–H groups in total. The zero-order chi connectivity index (χ0) is 14.4. The number of likely N-dealkylation sites (tertiary alicyclic amines) is 1. The van der Waals surface area contributed by atoms with Gasteiger partial charge in [-0.25, -0.2) is 8.78 Å². The molecule has 4 nitrogen and oxygen atoms in total. The normalized spacial score (nSPS) is 30.8. The zero-order valence-electron chi connectivity index (χ0n) is 9.91. The van der Waals surface area contributed by atoms with Gasteiger partial charge >= 0.3 is 18.3 Å². The van der Waals surface area contributed by atoms with E-state index in [2.05, 4.69) is 0 Å². The second-order valence-corrected chi connectivity index (χ2v) is 5.16. The Balaban J connectivity index is 2.19. The van der Waals surface area contributed by atoms with Crippen molar-refractivity contribution in [3.8, 4) is 0 Å². The molecule has 0 bridgehead atoms. The Labute approximate surface area is 106 Å². The number of rotatable bonds is 3. The first-order chi connectivity index (χ1) is 8.71. The van der Waals surface area contributed by atoms with Gasteiger partial charge in [0.25, 0.3) is 5.91 Å². The predicted octanol–water partition coefficient (Wildman–Crippen LogP) is 1.60. The SMILES string of the molecule is O=C(N1C[C@@H]2CCC[C@@]2(C(=O)O)C1)C(F)(F)C(F)F. The number of carbonyl (C=O) groups excluding carboxylic acids is 1. The van der Waals surface area contributed by atoms with Crippen molar-refractivity contribution in [1.82, 2.24) is 4.90 Å². The van der Waals surface area contributed by atoms with Crippen LogP contribution in [0.2, 0.25) is 0 Å². The Morgan fingerprint density at radius 1 is 1.37 bits per heavy atom. The van der Waals surface area contributed by atoms with Crippen LogP contribution in [-0.2, 0) is 9.59 Å². The van der Waals surface area contributed by atoms with Gasteiger partial charge in [-0.1, -0.05) is 6.42 Å². The zero-order valence-corrected chi connectivity index (χ0v) is 9.91. The smallest absolute Gasteiger partial charge is 0.383 e. The van der Waals surface area contributed by atoms with Crippen molar-refractivity contribution in [2.24, 2.45) is 11.3 Å². The number of carboxylic acid groups (broad SMARTS) is 1. The summed E-state index contributed by atoms with van der Waals surface area (Å²) in [5.74, 6) is -8.30. The van der Waals surface area contributed by atoms with Gasteiger partial charge in [0.05, 0.1) is 5.41 Å². The summed E-state index contributed by atoms with van der Waals surface area (Å²) in [4.78, 5) is 23.3. The van der Waals surface area contributed by atoms with Gasteiger partial charge in [-0.15, -0.1) is 0 Å². The summed E-state index contributed by atoms with van der Waals surface area (Å²) in [7, 11) is 0. The van der Waals surface area contributed by atoms with E-state index in [0.717, 1.165) is 0 Å². The van der Waals surface area contributed by atoms with Gasteiger partial charge < -0.3 is 10.0 Å². The quantitative estimate of drug-likeness (QED) is 0.800. The van der Waals surface area contributed by atoms with Gasteiger partial charge in [0, 0.05) is 13.1 Å². The van der Waals surface area contributed by atoms with Crippen LogP contribution in [0.15, 0.2) is 0 Å². The average molecular weight is 283 g/mol. The Morgan fingerprint density at radius 3 is 2.47 bits per heavy atom. The van der Waals surface area contributed by atoms with Gasteiger partial charge in [0.15, 0.2) is 0 Å². The van der Waals surface area contributed by atoms with Crippen molar-refractivity contribution in [2.75, 3.05) is 13.1 Å². The lowest BCUT2D eigenvalue weighted by molar-refractivity contribution is -0.180. The predicted molar refractivity (Wildman–Crippen MR) is 54.9 cm³/mol. The van der Waals surface area contributed by atoms with E-state index in [-0.39, 0.29) is 13.0 Å². The molecule has 0 spiro atoms. The minimum absolute atomic E-state index is 0.187. The van der Waals surface area contributed by atoms with Crippen molar-refractivity contribution in [3.05, 3.63) is 0 Å². The largest absolute Gasteiger partial charge is 0.481 e. The molecular weight excluding hydrogens is 270 g/mol. The molecule has 2 aliphatic rings. The van der Waals surface area contributed by atoms with E-state index in [1.807, 2.05) is 0 Å². The maximum atomic E-state index is 13.0. The van der Waals surface area contributed by atoms with E-state index in [0.29, 0.717) is 17.7 Å². The van der Waals surface area contributed by atoms with Gasteiger partial charge in [-0.3, -0.25) is 9.59 Å². The third kappa shape index (κ3) is 1.97. The molecule has 108 valence electrons. The Bertz CT molecular complexity index is 415. The highest BCUT2D eigenvalue weighted by Crippen LogP contribution is 2.49. The molecule has 1 saturated carbocycles. The fraction of sp³-hybridized carbons (Fsp3) is 0.818. The standard InChI is InChI=1S/C11H13F4NO3/c12-7(13)11(14,15)8(17)16-4-6-2-1-3-10(6,5-16)9(18)19/h6-7H,1-5H2,(H,18,19)/t6-,10+/m0/s1. The number of aliphatic carboxylic acids is 1. The lowest BCUT2D eigenvalue weighted by Crippen LogP contribution is -2.48. The molecule has 8 heteroatoms. The van der Waals surface area contributed by atoms with Crippen LogP contribution in [0, 0.1) is 11.3 Å². The number of hydrogen-bond donors (Lipinski definition) is 1. The lowest BCUT2D eigenvalue weighted by Gasteiger charge is -2.25. The molecule has 0 aromatic carbocycles. The summed E-state index contributed by atoms with van der Waals surface area (Å²) in [6.45, 7) is -0.596. The van der Waals surface area contributed by atoms with E-state index < -0.39 is 42.1 Å². The first-order valence-electron chi connectivity index (χ1n) is 5.90. The van der Waals surface area contributed by atoms with Crippen LogP contribution in [0.5, 0.6) is 0 Å². The summed E-state index contributed by atoms with van der Waals surface area (Å²) in [5, 5.41) is 9.21. The van der Waals surface area contributed by atoms with Crippen LogP contribution < -0.4 is 0 Å². The molecule has 2 fully saturated rings. The van der Waals surface area contributed by atoms with Gasteiger partial charge in [0.1, 0.15) is 0 Å². The molecule has 1 heterocycles. The monoisotopic (exact) mass is 283 g/mol. The molecule has 0 aromatic rings. The third-order valence-corrected chi connectivity index (χ3v) is 4.14. The number of amides is 1. The van der Waals surface area contributed by atoms with Gasteiger partial charge in [-0.2, -0.15) is 8.78 Å². The fourth-order valence-corrected chi connectivity index (χ4v) is 3.10. The molecule has 0 aromatic heterocycles. The molecular formula is C11H13F4NO3. The third-order valence-electron chi connectivity index (χ3n) is 4.14. The first kappa shape index (κ1) is 14.1. The van der Waals surface area contributed by atoms with Gasteiger partial charge in [0.2, 0.25) is 0 Å². The Kier molecular flexibility index (Phi) is 3.22. The van der Waals surface area contributed by atoms with E-state index in [1.165, 1.54) is 0 Å². The van der Waals surface area contributed by atoms with E-state index in [9.17, 15) is 32.3 Å². The number of nitrogens with zero attached hydrogens (tertiary/aromatic N) is 1. The summed E-state index contributed by atoms with van der Waals surface area (Å²) < 4.78 is 50.3. The second kappa shape index (κ2) is 4.35. The van der Waals surface area contributed by atoms with E-state index >= 15 is 0 Å². The maximum Gasteiger partial charge on any atom is 0.383 e. The van der Waals surface area contributed by atoms with Crippen LogP contribution in [-0.4, -0.2) is 47.3 Å². The number of carbonyl (C=O) groups is 2. The van der Waals surface area contributed by atoms with Crippen molar-refractivity contribution < 1.29 is 32.3 Å². The number of halogens is 4. The molecule has 1 saturated heterocycles. The summed E-state index contributed by atoms with van der Waals surface area (Å²) in [6.07, 6.45) is -2.64. The average Bonchev–Trinajstić information content (AvgIpc) is 2.84. The summed E-state index contributed by atoms with van der Waals surface area (Å²) in [5.41, 5.74) is -1.24. The molecule has 0 radical (unpaired) electrons. The maximum absolute atomic E-state index is 13.0. The Hall–Kier alpha value is -1.34. The topological polar surface area (TPSA) is 57.6 Å². The van der Waals surface area contributed by atoms with Crippen molar-refractivity contribution in [1.29, 1.82) is 0 Å². The van der Waals surface area contributed by atoms with Crippen LogP contribution in [0.25, 0.3) is 0 Å². The highest BCUT2D eigenvalue weighted by molar-refractivity contribution is 5.86. The van der Waals surface area contributed by atoms with Crippen LogP contribution in [0.1, 0.15) is 19.3 Å². The number of carboxylic acids is 1. The van der Waals surface area contributed by atoms with Crippen molar-refractivity contribution >= 4 is 11.9 Å². The molecule has 19 heavy (non-hydrogen) atoms. The number of hydrogen-bond acceptors (Lipinski definition) is 2. The number of alkyl halides is 4. The molecule has 1 amide bonds. The Morgan fingerprint density at radius 2 is 2.00 bits per heavy atom. The molecule has 2 rings (SSSR count). The van der Waals surface area contributed by atoms with Crippen LogP contribution in [0.3, 0.4) is 0 Å². The highest BCUT2D eigenvalue weighted by Gasteiger charge is 2.60. The highest BCUT2D eigenvalue weighted by atomic mass is 19.3. The van der Waals surface area contributed by atoms with E-state index in [1.54, 1.807) is 0 Å². The lowest BCUT2D eigenvalue weighted by atomic mass is 9.81. The van der Waals surface area contributed by atoms with Crippen molar-refractivity contribution in [2.45, 2.75) is 31.6 Å². The second-order valence-electron chi connectivity index (χ2n) is 5.16. The minimum Gasteiger partial charge on any atom is -0.481 e. The molecule has 2 atom stereocenters. The number of fused-ring (bicyclic) bond motifs is 1. The molecule has 1 aliphatic heterocycles.